The Kier molecular flexibility index (Phi) is 6.19. The average Bonchev–Trinajstić information content (AvgIpc) is 2.55. The van der Waals surface area contributed by atoms with Gasteiger partial charge in [0.05, 0.1) is 12.5 Å². The van der Waals surface area contributed by atoms with Crippen LogP contribution in [0.1, 0.15) is 57.4 Å². The number of amides is 2. The molecule has 0 saturated heterocycles. The summed E-state index contributed by atoms with van der Waals surface area (Å²) >= 11 is 0. The summed E-state index contributed by atoms with van der Waals surface area (Å²) in [7, 11) is 0. The quantitative estimate of drug-likeness (QED) is 0.840. The number of nitrogens with one attached hydrogen (secondary N) is 2. The van der Waals surface area contributed by atoms with Crippen LogP contribution in [0.4, 0.5) is 5.69 Å². The van der Waals surface area contributed by atoms with Gasteiger partial charge in [0.15, 0.2) is 0 Å². The lowest BCUT2D eigenvalue weighted by Crippen LogP contribution is -2.28. The molecule has 0 aliphatic heterocycles. The van der Waals surface area contributed by atoms with E-state index in [0.717, 1.165) is 16.8 Å². The molecule has 0 saturated carbocycles. The van der Waals surface area contributed by atoms with Gasteiger partial charge in [-0.3, -0.25) is 9.59 Å². The van der Waals surface area contributed by atoms with E-state index in [-0.39, 0.29) is 23.3 Å². The van der Waals surface area contributed by atoms with Gasteiger partial charge >= 0.3 is 0 Å². The molecule has 0 aromatic heterocycles. The second-order valence-corrected chi connectivity index (χ2v) is 7.72. The zero-order chi connectivity index (χ0) is 19.3. The number of benzene rings is 2. The summed E-state index contributed by atoms with van der Waals surface area (Å²) in [4.78, 5) is 23.3. The molecule has 0 radical (unpaired) electrons. The molecule has 26 heavy (non-hydrogen) atoms. The van der Waals surface area contributed by atoms with Gasteiger partial charge in [0.2, 0.25) is 11.8 Å². The van der Waals surface area contributed by atoms with Gasteiger partial charge in [0.25, 0.3) is 0 Å². The normalized spacial score (nSPS) is 12.3. The third-order valence-corrected chi connectivity index (χ3v) is 4.29. The summed E-state index contributed by atoms with van der Waals surface area (Å²) < 4.78 is 0. The second-order valence-electron chi connectivity index (χ2n) is 7.72. The smallest absolute Gasteiger partial charge is 0.224 e. The molecule has 1 atom stereocenters. The maximum Gasteiger partial charge on any atom is 0.224 e. The van der Waals surface area contributed by atoms with E-state index >= 15 is 0 Å². The molecule has 1 unspecified atom stereocenters. The minimum absolute atomic E-state index is 0.0234. The minimum atomic E-state index is -0.109. The fraction of sp³-hybridized carbons (Fsp3) is 0.364. The van der Waals surface area contributed by atoms with Crippen LogP contribution >= 0.6 is 0 Å². The maximum atomic E-state index is 12.3. The maximum absolute atomic E-state index is 12.3. The Morgan fingerprint density at radius 2 is 1.54 bits per heavy atom. The van der Waals surface area contributed by atoms with Crippen molar-refractivity contribution in [3.8, 4) is 0 Å². The minimum Gasteiger partial charge on any atom is -0.349 e. The summed E-state index contributed by atoms with van der Waals surface area (Å²) in [6, 6.07) is 15.7. The highest BCUT2D eigenvalue weighted by Gasteiger charge is 2.15. The van der Waals surface area contributed by atoms with Crippen molar-refractivity contribution in [2.45, 2.75) is 52.5 Å². The molecule has 0 bridgehead atoms. The van der Waals surface area contributed by atoms with Gasteiger partial charge in [-0.1, -0.05) is 57.2 Å². The second kappa shape index (κ2) is 8.17. The Bertz CT molecular complexity index is 756. The van der Waals surface area contributed by atoms with Gasteiger partial charge in [-0.25, -0.2) is 0 Å². The topological polar surface area (TPSA) is 58.2 Å². The zero-order valence-corrected chi connectivity index (χ0v) is 16.2. The third-order valence-electron chi connectivity index (χ3n) is 4.29. The number of carbonyl (C=O) groups is 2. The van der Waals surface area contributed by atoms with Crippen molar-refractivity contribution in [2.75, 3.05) is 5.32 Å². The van der Waals surface area contributed by atoms with E-state index in [1.165, 1.54) is 12.5 Å². The van der Waals surface area contributed by atoms with Crippen molar-refractivity contribution in [3.63, 3.8) is 0 Å². The van der Waals surface area contributed by atoms with Gasteiger partial charge in [-0.15, -0.1) is 0 Å². The number of rotatable bonds is 5. The average molecular weight is 352 g/mol. The Hall–Kier alpha value is -2.62. The Balaban J connectivity index is 1.93. The van der Waals surface area contributed by atoms with Crippen molar-refractivity contribution < 1.29 is 9.59 Å². The number of anilines is 1. The van der Waals surface area contributed by atoms with Gasteiger partial charge in [0.1, 0.15) is 0 Å². The summed E-state index contributed by atoms with van der Waals surface area (Å²) in [5.41, 5.74) is 4.13. The highest BCUT2D eigenvalue weighted by atomic mass is 16.2. The molecule has 2 amide bonds. The van der Waals surface area contributed by atoms with Gasteiger partial charge in [-0.2, -0.15) is 0 Å². The Labute approximate surface area is 156 Å². The molecular weight excluding hydrogens is 324 g/mol. The summed E-state index contributed by atoms with van der Waals surface area (Å²) in [6.45, 7) is 10.0. The molecule has 0 heterocycles. The lowest BCUT2D eigenvalue weighted by atomic mass is 9.86. The van der Waals surface area contributed by atoms with Crippen molar-refractivity contribution in [2.24, 2.45) is 0 Å². The molecule has 2 aromatic carbocycles. The van der Waals surface area contributed by atoms with Crippen LogP contribution in [0.5, 0.6) is 0 Å². The van der Waals surface area contributed by atoms with Crippen LogP contribution in [-0.4, -0.2) is 11.8 Å². The summed E-state index contributed by atoms with van der Waals surface area (Å²) in [5.74, 6) is -0.133. The molecule has 138 valence electrons. The molecule has 0 fully saturated rings. The standard InChI is InChI=1S/C22H28N2O2/c1-15(18-8-10-19(11-9-18)22(3,4)5)23-21(26)14-17-6-12-20(13-7-17)24-16(2)25/h6-13,15H,14H2,1-5H3,(H,23,26)(H,24,25). The highest BCUT2D eigenvalue weighted by Crippen LogP contribution is 2.24. The van der Waals surface area contributed by atoms with Crippen LogP contribution in [0.3, 0.4) is 0 Å². The van der Waals surface area contributed by atoms with E-state index in [4.69, 9.17) is 0 Å². The van der Waals surface area contributed by atoms with E-state index in [1.54, 1.807) is 12.1 Å². The fourth-order valence-corrected chi connectivity index (χ4v) is 2.74. The monoisotopic (exact) mass is 352 g/mol. The van der Waals surface area contributed by atoms with Crippen LogP contribution in [0.2, 0.25) is 0 Å². The first-order valence-corrected chi connectivity index (χ1v) is 8.91. The van der Waals surface area contributed by atoms with Gasteiger partial charge in [-0.05, 0) is 41.2 Å². The zero-order valence-electron chi connectivity index (χ0n) is 16.2. The molecular formula is C22H28N2O2. The predicted molar refractivity (Wildman–Crippen MR) is 106 cm³/mol. The van der Waals surface area contributed by atoms with E-state index in [1.807, 2.05) is 19.1 Å². The van der Waals surface area contributed by atoms with Crippen molar-refractivity contribution >= 4 is 17.5 Å². The lowest BCUT2D eigenvalue weighted by Gasteiger charge is -2.20. The highest BCUT2D eigenvalue weighted by molar-refractivity contribution is 5.88. The molecule has 2 N–H and O–H groups in total. The lowest BCUT2D eigenvalue weighted by molar-refractivity contribution is -0.121. The van der Waals surface area contributed by atoms with Crippen LogP contribution in [0.15, 0.2) is 48.5 Å². The molecule has 4 heteroatoms. The van der Waals surface area contributed by atoms with E-state index < -0.39 is 0 Å². The van der Waals surface area contributed by atoms with Crippen LogP contribution in [-0.2, 0) is 21.4 Å². The van der Waals surface area contributed by atoms with Crippen LogP contribution in [0.25, 0.3) is 0 Å². The molecule has 2 aromatic rings. The molecule has 0 aliphatic rings. The first-order chi connectivity index (χ1) is 12.1. The van der Waals surface area contributed by atoms with Crippen molar-refractivity contribution in [3.05, 3.63) is 65.2 Å². The van der Waals surface area contributed by atoms with E-state index in [0.29, 0.717) is 6.42 Å². The van der Waals surface area contributed by atoms with E-state index in [2.05, 4.69) is 55.7 Å². The fourth-order valence-electron chi connectivity index (χ4n) is 2.74. The van der Waals surface area contributed by atoms with Gasteiger partial charge in [0, 0.05) is 12.6 Å². The van der Waals surface area contributed by atoms with Crippen molar-refractivity contribution in [1.29, 1.82) is 0 Å². The third kappa shape index (κ3) is 5.73. The largest absolute Gasteiger partial charge is 0.349 e. The number of carbonyl (C=O) groups excluding carboxylic acids is 2. The number of hydrogen-bond donors (Lipinski definition) is 2. The van der Waals surface area contributed by atoms with Crippen LogP contribution < -0.4 is 10.6 Å². The molecule has 0 spiro atoms. The van der Waals surface area contributed by atoms with E-state index in [9.17, 15) is 9.59 Å². The molecule has 4 nitrogen and oxygen atoms in total. The number of hydrogen-bond acceptors (Lipinski definition) is 2. The van der Waals surface area contributed by atoms with Crippen LogP contribution in [0, 0.1) is 0 Å². The van der Waals surface area contributed by atoms with Gasteiger partial charge < -0.3 is 10.6 Å². The Morgan fingerprint density at radius 1 is 0.962 bits per heavy atom. The summed E-state index contributed by atoms with van der Waals surface area (Å²) in [5, 5.41) is 5.76. The SMILES string of the molecule is CC(=O)Nc1ccc(CC(=O)NC(C)c2ccc(C(C)(C)C)cc2)cc1. The summed E-state index contributed by atoms with van der Waals surface area (Å²) in [6.07, 6.45) is 0.310. The Morgan fingerprint density at radius 3 is 2.04 bits per heavy atom. The van der Waals surface area contributed by atoms with Crippen molar-refractivity contribution in [1.82, 2.24) is 5.32 Å². The first kappa shape index (κ1) is 19.7. The molecule has 0 aliphatic carbocycles. The molecule has 2 rings (SSSR count). The predicted octanol–water partition coefficient (Wildman–Crippen LogP) is 4.36. The first-order valence-electron chi connectivity index (χ1n) is 8.91.